The highest BCUT2D eigenvalue weighted by Gasteiger charge is 2.29. The summed E-state index contributed by atoms with van der Waals surface area (Å²) in [6.07, 6.45) is 1.03. The second-order valence-electron chi connectivity index (χ2n) is 14.0. The van der Waals surface area contributed by atoms with Gasteiger partial charge in [0.1, 0.15) is 35.4 Å². The number of carbonyl (C=O) groups excluding carboxylic acids is 7. The smallest absolute Gasteiger partial charge is 0.407 e. The molecule has 6 amide bonds. The van der Waals surface area contributed by atoms with E-state index < -0.39 is 83.2 Å². The van der Waals surface area contributed by atoms with E-state index in [0.29, 0.717) is 25.7 Å². The molecule has 7 N–H and O–H groups in total. The highest BCUT2D eigenvalue weighted by Crippen LogP contribution is 2.09. The molecule has 0 aliphatic heterocycles. The van der Waals surface area contributed by atoms with Gasteiger partial charge in [0.25, 0.3) is 0 Å². The molecule has 0 aromatic rings. The summed E-state index contributed by atoms with van der Waals surface area (Å²) in [5, 5.41) is 18.5. The van der Waals surface area contributed by atoms with Crippen LogP contribution in [0.2, 0.25) is 0 Å². The van der Waals surface area contributed by atoms with Crippen LogP contribution >= 0.6 is 0 Å². The van der Waals surface area contributed by atoms with Crippen LogP contribution in [0.3, 0.4) is 0 Å². The van der Waals surface area contributed by atoms with Gasteiger partial charge >= 0.3 is 18.2 Å². The lowest BCUT2D eigenvalue weighted by Crippen LogP contribution is -2.57. The fourth-order valence-corrected chi connectivity index (χ4v) is 4.15. The van der Waals surface area contributed by atoms with Gasteiger partial charge in [0, 0.05) is 13.1 Å². The maximum atomic E-state index is 13.3. The number of rotatable bonds is 20. The molecule has 5 atom stereocenters. The van der Waals surface area contributed by atoms with Gasteiger partial charge in [-0.3, -0.25) is 19.2 Å². The lowest BCUT2D eigenvalue weighted by atomic mass is 10.1. The van der Waals surface area contributed by atoms with Crippen LogP contribution in [0.25, 0.3) is 0 Å². The van der Waals surface area contributed by atoms with Gasteiger partial charge in [-0.25, -0.2) is 14.4 Å². The Morgan fingerprint density at radius 1 is 0.540 bits per heavy atom. The summed E-state index contributed by atoms with van der Waals surface area (Å²) in [6.45, 7) is 15.5. The number of amides is 6. The molecule has 17 heteroatoms. The van der Waals surface area contributed by atoms with Crippen LogP contribution in [-0.2, 0) is 38.2 Å². The molecule has 1 unspecified atom stereocenters. The van der Waals surface area contributed by atoms with Crippen LogP contribution < -0.4 is 37.2 Å². The van der Waals surface area contributed by atoms with E-state index in [9.17, 15) is 33.6 Å². The molecule has 17 nitrogen and oxygen atoms in total. The normalized spacial score (nSPS) is 14.4. The third-order valence-electron chi connectivity index (χ3n) is 6.93. The van der Waals surface area contributed by atoms with Gasteiger partial charge in [-0.15, -0.1) is 0 Å². The molecule has 0 fully saturated rings. The van der Waals surface area contributed by atoms with Crippen LogP contribution in [0.1, 0.15) is 101 Å². The number of ether oxygens (including phenoxy) is 3. The molecule has 0 aromatic heterocycles. The first kappa shape index (κ1) is 45.9. The second-order valence-corrected chi connectivity index (χ2v) is 14.0. The lowest BCUT2D eigenvalue weighted by Gasteiger charge is -2.25. The van der Waals surface area contributed by atoms with E-state index >= 15 is 0 Å². The van der Waals surface area contributed by atoms with Gasteiger partial charge in [0.2, 0.25) is 23.6 Å². The van der Waals surface area contributed by atoms with Crippen molar-refractivity contribution >= 4 is 41.8 Å². The monoisotopic (exact) mass is 715 g/mol. The third-order valence-corrected chi connectivity index (χ3v) is 6.93. The fourth-order valence-electron chi connectivity index (χ4n) is 4.15. The number of nitrogens with one attached hydrogen (secondary N) is 7. The van der Waals surface area contributed by atoms with E-state index in [2.05, 4.69) is 42.0 Å². The van der Waals surface area contributed by atoms with Crippen LogP contribution in [-0.4, -0.2) is 110 Å². The van der Waals surface area contributed by atoms with Crippen molar-refractivity contribution in [1.29, 1.82) is 0 Å². The van der Waals surface area contributed by atoms with Crippen LogP contribution in [0.15, 0.2) is 0 Å². The Bertz CT molecular complexity index is 1140. The molecular formula is C33H61N7O10. The summed E-state index contributed by atoms with van der Waals surface area (Å²) in [7, 11) is 2.78. The SMILES string of the molecule is CN[C@H](C)C(=O)N[C@@H](CCCCNC(=O)OC(C)(C)C)C(=O)N[C@H](C)C(=O)NC(CCCCNC(=O)OC(C)(C)C)C(=O)N[C@H](C)C(=O)OC. The van der Waals surface area contributed by atoms with E-state index in [1.807, 2.05) is 0 Å². The van der Waals surface area contributed by atoms with Crippen molar-refractivity contribution in [1.82, 2.24) is 37.2 Å². The number of unbranched alkanes of at least 4 members (excludes halogenated alkanes) is 2. The number of hydrogen-bond donors (Lipinski definition) is 7. The molecule has 0 rings (SSSR count). The van der Waals surface area contributed by atoms with E-state index in [1.54, 1.807) is 55.5 Å². The molecule has 0 aromatic carbocycles. The van der Waals surface area contributed by atoms with Crippen molar-refractivity contribution in [3.63, 3.8) is 0 Å². The second kappa shape index (κ2) is 22.5. The van der Waals surface area contributed by atoms with Crippen molar-refractivity contribution in [2.45, 2.75) is 142 Å². The minimum atomic E-state index is -1.11. The first-order valence-electron chi connectivity index (χ1n) is 17.0. The summed E-state index contributed by atoms with van der Waals surface area (Å²) in [4.78, 5) is 88.0. The van der Waals surface area contributed by atoms with Crippen molar-refractivity contribution in [2.75, 3.05) is 27.2 Å². The van der Waals surface area contributed by atoms with Crippen LogP contribution in [0.4, 0.5) is 9.59 Å². The van der Waals surface area contributed by atoms with Gasteiger partial charge in [-0.2, -0.15) is 0 Å². The van der Waals surface area contributed by atoms with E-state index in [4.69, 9.17) is 9.47 Å². The van der Waals surface area contributed by atoms with E-state index in [-0.39, 0.29) is 25.9 Å². The zero-order valence-electron chi connectivity index (χ0n) is 31.6. The van der Waals surface area contributed by atoms with Crippen LogP contribution in [0.5, 0.6) is 0 Å². The Kier molecular flexibility index (Phi) is 20.7. The Hall–Kier alpha value is -4.15. The summed E-state index contributed by atoms with van der Waals surface area (Å²) >= 11 is 0. The molecular weight excluding hydrogens is 654 g/mol. The number of methoxy groups -OCH3 is 1. The number of esters is 1. The van der Waals surface area contributed by atoms with E-state index in [0.717, 1.165) is 0 Å². The average molecular weight is 716 g/mol. The van der Waals surface area contributed by atoms with Gasteiger partial charge in [0.15, 0.2) is 0 Å². The molecule has 0 saturated carbocycles. The number of likely N-dealkylation sites (N-methyl/N-ethyl adjacent to an activating group) is 1. The molecule has 0 radical (unpaired) electrons. The zero-order valence-corrected chi connectivity index (χ0v) is 31.6. The maximum Gasteiger partial charge on any atom is 0.407 e. The zero-order chi connectivity index (χ0) is 38.7. The van der Waals surface area contributed by atoms with Crippen molar-refractivity contribution in [2.24, 2.45) is 0 Å². The lowest BCUT2D eigenvalue weighted by molar-refractivity contribution is -0.145. The highest BCUT2D eigenvalue weighted by molar-refractivity contribution is 5.95. The maximum absolute atomic E-state index is 13.3. The number of carbonyl (C=O) groups is 7. The standard InChI is InChI=1S/C33H61N7O10/c1-20(34-10)25(41)39-23(16-12-14-18-35-30(46)49-32(4,5)6)27(43)37-21(2)26(42)40-24(28(44)38-22(3)29(45)48-11)17-13-15-19-36-31(47)50-33(7,8)9/h20-24,34H,12-19H2,1-11H3,(H,35,46)(H,36,47)(H,37,43)(H,38,44)(H,39,41)(H,40,42)/t20-,21-,22-,23+,24?/m1/s1. The Labute approximate surface area is 296 Å². The summed E-state index contributed by atoms with van der Waals surface area (Å²) in [6, 6.07) is -4.76. The first-order chi connectivity index (χ1) is 23.1. The minimum Gasteiger partial charge on any atom is -0.467 e. The Morgan fingerprint density at radius 2 is 0.920 bits per heavy atom. The van der Waals surface area contributed by atoms with Gasteiger partial charge < -0.3 is 51.4 Å². The Morgan fingerprint density at radius 3 is 1.28 bits per heavy atom. The molecule has 0 aliphatic carbocycles. The number of alkyl carbamates (subject to hydrolysis) is 2. The summed E-state index contributed by atoms with van der Waals surface area (Å²) in [5.74, 6) is -3.02. The van der Waals surface area contributed by atoms with Crippen molar-refractivity contribution in [3.05, 3.63) is 0 Å². The molecule has 0 heterocycles. The molecule has 0 bridgehead atoms. The first-order valence-corrected chi connectivity index (χ1v) is 17.0. The molecule has 0 spiro atoms. The molecule has 50 heavy (non-hydrogen) atoms. The third kappa shape index (κ3) is 21.0. The summed E-state index contributed by atoms with van der Waals surface area (Å²) in [5.41, 5.74) is -1.30. The minimum absolute atomic E-state index is 0.153. The number of hydrogen-bond acceptors (Lipinski definition) is 11. The topological polar surface area (TPSA) is 231 Å². The highest BCUT2D eigenvalue weighted by atomic mass is 16.6. The van der Waals surface area contributed by atoms with Gasteiger partial charge in [0.05, 0.1) is 13.2 Å². The average Bonchev–Trinajstić information content (AvgIpc) is 3.00. The molecule has 0 aliphatic rings. The van der Waals surface area contributed by atoms with Crippen LogP contribution in [0, 0.1) is 0 Å². The van der Waals surface area contributed by atoms with Crippen molar-refractivity contribution < 1.29 is 47.8 Å². The van der Waals surface area contributed by atoms with Gasteiger partial charge in [-0.1, -0.05) is 0 Å². The van der Waals surface area contributed by atoms with Crippen molar-refractivity contribution in [3.8, 4) is 0 Å². The largest absolute Gasteiger partial charge is 0.467 e. The quantitative estimate of drug-likeness (QED) is 0.0537. The fraction of sp³-hybridized carbons (Fsp3) is 0.788. The Balaban J connectivity index is 5.45. The van der Waals surface area contributed by atoms with E-state index in [1.165, 1.54) is 21.0 Å². The predicted octanol–water partition coefficient (Wildman–Crippen LogP) is 1.14. The molecule has 288 valence electrons. The molecule has 0 saturated heterocycles. The summed E-state index contributed by atoms with van der Waals surface area (Å²) < 4.78 is 15.1. The predicted molar refractivity (Wildman–Crippen MR) is 186 cm³/mol. The van der Waals surface area contributed by atoms with Gasteiger partial charge in [-0.05, 0) is 108 Å².